The second-order valence-electron chi connectivity index (χ2n) is 6.59. The first-order valence-electron chi connectivity index (χ1n) is 10.1. The van der Waals surface area contributed by atoms with Gasteiger partial charge in [-0.25, -0.2) is 29.2 Å². The zero-order valence-corrected chi connectivity index (χ0v) is 21.9. The minimum atomic E-state index is -1.12. The molecular weight excluding hydrogens is 548 g/mol. The summed E-state index contributed by atoms with van der Waals surface area (Å²) in [7, 11) is 6.65. The van der Waals surface area contributed by atoms with Crippen molar-refractivity contribution in [2.24, 2.45) is 20.7 Å². The molecule has 0 fully saturated rings. The van der Waals surface area contributed by atoms with Gasteiger partial charge in [-0.05, 0) is 0 Å². The van der Waals surface area contributed by atoms with Crippen LogP contribution in [0, 0.1) is 22.7 Å². The molecule has 202 valence electrons. The molecule has 0 radical (unpaired) electrons. The summed E-state index contributed by atoms with van der Waals surface area (Å²) in [5.41, 5.74) is 3.87. The summed E-state index contributed by atoms with van der Waals surface area (Å²) in [6.07, 6.45) is 0. The van der Waals surface area contributed by atoms with Crippen LogP contribution in [0.15, 0.2) is 43.5 Å². The molecule has 20 heteroatoms. The van der Waals surface area contributed by atoms with Crippen molar-refractivity contribution in [3.63, 3.8) is 0 Å². The summed E-state index contributed by atoms with van der Waals surface area (Å²) in [6, 6.07) is 1.08. The number of hydrogen-bond acceptors (Lipinski definition) is 20. The molecule has 0 aliphatic carbocycles. The average Bonchev–Trinajstić information content (AvgIpc) is 3.61. The number of hydrazine groups is 2. The second-order valence-corrected chi connectivity index (χ2v) is 9.14. The number of hydrogen-bond donors (Lipinski definition) is 2. The number of nitriles is 2. The van der Waals surface area contributed by atoms with Gasteiger partial charge in [0.1, 0.15) is 12.1 Å². The highest BCUT2D eigenvalue weighted by Gasteiger charge is 2.37. The molecule has 2 aliphatic heterocycles. The average molecular weight is 569 g/mol. The van der Waals surface area contributed by atoms with Crippen molar-refractivity contribution in [3.05, 3.63) is 22.8 Å². The fourth-order valence-corrected chi connectivity index (χ4v) is 5.14. The first-order chi connectivity index (χ1) is 18.3. The van der Waals surface area contributed by atoms with Gasteiger partial charge in [0.2, 0.25) is 0 Å². The Labute approximate surface area is 222 Å². The summed E-state index contributed by atoms with van der Waals surface area (Å²) in [4.78, 5) is 48.9. The summed E-state index contributed by atoms with van der Waals surface area (Å²) >= 11 is 0. The van der Waals surface area contributed by atoms with E-state index in [4.69, 9.17) is 9.47 Å². The number of methoxy groups -OCH3 is 4. The Morgan fingerprint density at radius 3 is 1.42 bits per heavy atom. The lowest BCUT2D eigenvalue weighted by Gasteiger charge is -2.27. The van der Waals surface area contributed by atoms with Crippen LogP contribution in [0.3, 0.4) is 0 Å². The van der Waals surface area contributed by atoms with Crippen LogP contribution in [-0.2, 0) is 38.1 Å². The monoisotopic (exact) mass is 568 g/mol. The predicted molar refractivity (Wildman–Crippen MR) is 125 cm³/mol. The molecule has 0 aromatic heterocycles. The van der Waals surface area contributed by atoms with Crippen LogP contribution in [0.1, 0.15) is 0 Å². The second kappa shape index (κ2) is 14.2. The molecule has 0 bridgehead atoms. The van der Waals surface area contributed by atoms with E-state index in [-0.39, 0.29) is 23.1 Å². The van der Waals surface area contributed by atoms with E-state index in [0.717, 1.165) is 60.0 Å². The molecule has 2 unspecified atom stereocenters. The maximum absolute atomic E-state index is 12.5. The summed E-state index contributed by atoms with van der Waals surface area (Å²) in [5, 5.41) is 35.4. The molecule has 2 N–H and O–H groups in total. The third-order valence-electron chi connectivity index (χ3n) is 4.61. The number of esters is 4. The molecule has 18 nitrogen and oxygen atoms in total. The van der Waals surface area contributed by atoms with Crippen LogP contribution in [0.25, 0.3) is 0 Å². The molecule has 0 amide bonds. The van der Waals surface area contributed by atoms with E-state index < -0.39 is 47.1 Å². The molecule has 0 saturated heterocycles. The van der Waals surface area contributed by atoms with Crippen molar-refractivity contribution in [2.75, 3.05) is 39.9 Å². The molecule has 2 atom stereocenters. The smallest absolute Gasteiger partial charge is 0.352 e. The molecule has 0 aromatic carbocycles. The molecule has 2 heterocycles. The van der Waals surface area contributed by atoms with Crippen LogP contribution >= 0.6 is 21.6 Å². The highest BCUT2D eigenvalue weighted by Crippen LogP contribution is 2.30. The van der Waals surface area contributed by atoms with E-state index in [1.807, 2.05) is 0 Å². The summed E-state index contributed by atoms with van der Waals surface area (Å²) in [6.45, 7) is 0. The maximum atomic E-state index is 12.5. The molecule has 0 spiro atoms. The summed E-state index contributed by atoms with van der Waals surface area (Å²) < 4.78 is 18.8. The Hall–Kier alpha value is -4.56. The number of ether oxygens (including phenoxy) is 4. The standard InChI is InChI=1S/C18H20N10O8S2/c1-33-15(29)9(5-19)13-21-23-25-27(13)11(17(31)35-3)7-37-38-8-12(18(32)36-4)28-14(22-24-26-28)10(6-20)16(30)34-2/h11-12H,7-8H2,1-4H3,(H,21,25)(H,22,26)/b13-9+,14-10+. The van der Waals surface area contributed by atoms with Crippen molar-refractivity contribution in [1.29, 1.82) is 10.5 Å². The normalized spacial score (nSPS) is 17.7. The zero-order chi connectivity index (χ0) is 28.2. The van der Waals surface area contributed by atoms with Gasteiger partial charge in [0.05, 0.1) is 28.4 Å². The number of nitrogens with zero attached hydrogens (tertiary/aromatic N) is 8. The van der Waals surface area contributed by atoms with Gasteiger partial charge in [0.15, 0.2) is 34.9 Å². The molecule has 0 aromatic rings. The van der Waals surface area contributed by atoms with Crippen LogP contribution < -0.4 is 11.1 Å². The molecule has 0 saturated carbocycles. The third-order valence-corrected chi connectivity index (χ3v) is 6.99. The largest absolute Gasteiger partial charge is 0.467 e. The molecule has 38 heavy (non-hydrogen) atoms. The quantitative estimate of drug-likeness (QED) is 0.0808. The van der Waals surface area contributed by atoms with E-state index in [0.29, 0.717) is 0 Å². The van der Waals surface area contributed by atoms with Crippen LogP contribution in [0.2, 0.25) is 0 Å². The molecule has 2 rings (SSSR count). The van der Waals surface area contributed by atoms with Crippen LogP contribution in [-0.4, -0.2) is 85.9 Å². The van der Waals surface area contributed by atoms with Gasteiger partial charge < -0.3 is 18.9 Å². The zero-order valence-electron chi connectivity index (χ0n) is 20.2. The Morgan fingerprint density at radius 1 is 0.763 bits per heavy atom. The number of nitrogens with one attached hydrogen (secondary N) is 2. The third kappa shape index (κ3) is 6.60. The highest BCUT2D eigenvalue weighted by molar-refractivity contribution is 8.76. The van der Waals surface area contributed by atoms with Crippen molar-refractivity contribution < 1.29 is 38.1 Å². The molecular formula is C18H20N10O8S2. The highest BCUT2D eigenvalue weighted by atomic mass is 33.1. The van der Waals surface area contributed by atoms with Crippen molar-refractivity contribution >= 4 is 45.5 Å². The first kappa shape index (κ1) is 29.7. The van der Waals surface area contributed by atoms with E-state index in [1.165, 1.54) is 0 Å². The predicted octanol–water partition coefficient (Wildman–Crippen LogP) is -0.358. The first-order valence-corrected chi connectivity index (χ1v) is 12.5. The minimum absolute atomic E-state index is 0.0108. The van der Waals surface area contributed by atoms with Crippen LogP contribution in [0.5, 0.6) is 0 Å². The number of carbonyl (C=O) groups is 4. The van der Waals surface area contributed by atoms with Gasteiger partial charge in [-0.1, -0.05) is 32.0 Å². The lowest BCUT2D eigenvalue weighted by molar-refractivity contribution is -0.147. The lowest BCUT2D eigenvalue weighted by Crippen LogP contribution is -2.47. The SMILES string of the molecule is COC(=O)/C(C#N)=C1\N=NNN1C(CSSCC(C(=O)OC)N1NN=N/C1=C(/C#N)C(=O)OC)C(=O)OC. The number of carbonyl (C=O) groups excluding carboxylic acids is 4. The van der Waals surface area contributed by atoms with Gasteiger partial charge >= 0.3 is 23.9 Å². The number of rotatable bonds is 11. The van der Waals surface area contributed by atoms with E-state index in [1.54, 1.807) is 12.1 Å². The fourth-order valence-electron chi connectivity index (χ4n) is 2.77. The van der Waals surface area contributed by atoms with E-state index in [2.05, 4.69) is 41.2 Å². The Balaban J connectivity index is 2.20. The van der Waals surface area contributed by atoms with Crippen molar-refractivity contribution in [1.82, 2.24) is 21.1 Å². The molecule has 2 aliphatic rings. The van der Waals surface area contributed by atoms with Crippen molar-refractivity contribution in [2.45, 2.75) is 12.1 Å². The van der Waals surface area contributed by atoms with Crippen LogP contribution in [0.4, 0.5) is 0 Å². The Morgan fingerprint density at radius 2 is 1.13 bits per heavy atom. The van der Waals surface area contributed by atoms with Gasteiger partial charge in [-0.2, -0.15) is 21.6 Å². The van der Waals surface area contributed by atoms with Gasteiger partial charge in [-0.15, -0.1) is 10.2 Å². The van der Waals surface area contributed by atoms with Gasteiger partial charge in [-0.3, -0.25) is 0 Å². The van der Waals surface area contributed by atoms with Crippen molar-refractivity contribution in [3.8, 4) is 12.1 Å². The van der Waals surface area contributed by atoms with Gasteiger partial charge in [0.25, 0.3) is 0 Å². The van der Waals surface area contributed by atoms with E-state index >= 15 is 0 Å². The topological polar surface area (TPSA) is 233 Å². The lowest BCUT2D eigenvalue weighted by atomic mass is 10.2. The minimum Gasteiger partial charge on any atom is -0.467 e. The Kier molecular flexibility index (Phi) is 11.1. The summed E-state index contributed by atoms with van der Waals surface area (Å²) in [5.74, 6) is -3.98. The fraction of sp³-hybridized carbons (Fsp3) is 0.444. The maximum Gasteiger partial charge on any atom is 0.352 e. The van der Waals surface area contributed by atoms with Gasteiger partial charge in [0, 0.05) is 11.5 Å². The van der Waals surface area contributed by atoms with E-state index in [9.17, 15) is 29.7 Å². The Bertz CT molecular complexity index is 1080.